The van der Waals surface area contributed by atoms with Crippen molar-refractivity contribution in [1.29, 1.82) is 0 Å². The zero-order chi connectivity index (χ0) is 13.3. The van der Waals surface area contributed by atoms with Gasteiger partial charge < -0.3 is 15.6 Å². The molecule has 5 heteroatoms. The van der Waals surface area contributed by atoms with Crippen molar-refractivity contribution >= 4 is 5.91 Å². The van der Waals surface area contributed by atoms with Gasteiger partial charge in [0.1, 0.15) is 5.76 Å². The second kappa shape index (κ2) is 4.49. The molecule has 0 saturated carbocycles. The summed E-state index contributed by atoms with van der Waals surface area (Å²) in [6.07, 6.45) is 0.714. The van der Waals surface area contributed by atoms with E-state index in [0.717, 1.165) is 0 Å². The Morgan fingerprint density at radius 1 is 1.47 bits per heavy atom. The summed E-state index contributed by atoms with van der Waals surface area (Å²) in [5, 5.41) is 6.59. The van der Waals surface area contributed by atoms with Gasteiger partial charge in [0.25, 0.3) is 5.91 Å². The number of amides is 1. The minimum Gasteiger partial charge on any atom is -0.361 e. The van der Waals surface area contributed by atoms with Crippen molar-refractivity contribution < 1.29 is 9.32 Å². The molecule has 0 fully saturated rings. The van der Waals surface area contributed by atoms with E-state index in [4.69, 9.17) is 10.3 Å². The topological polar surface area (TPSA) is 81.2 Å². The van der Waals surface area contributed by atoms with E-state index in [1.807, 2.05) is 34.6 Å². The van der Waals surface area contributed by atoms with Gasteiger partial charge >= 0.3 is 0 Å². The van der Waals surface area contributed by atoms with E-state index in [2.05, 4.69) is 10.5 Å². The smallest absolute Gasteiger partial charge is 0.273 e. The van der Waals surface area contributed by atoms with Gasteiger partial charge in [-0.3, -0.25) is 4.79 Å². The van der Waals surface area contributed by atoms with Crippen molar-refractivity contribution in [2.24, 2.45) is 5.73 Å². The van der Waals surface area contributed by atoms with Gasteiger partial charge in [-0.1, -0.05) is 12.1 Å². The second-order valence-electron chi connectivity index (χ2n) is 5.33. The van der Waals surface area contributed by atoms with E-state index in [-0.39, 0.29) is 5.91 Å². The third-order valence-electron chi connectivity index (χ3n) is 3.18. The molecule has 0 aliphatic rings. The normalized spacial score (nSPS) is 12.6. The van der Waals surface area contributed by atoms with E-state index < -0.39 is 11.1 Å². The number of hydrogen-bond acceptors (Lipinski definition) is 4. The van der Waals surface area contributed by atoms with E-state index in [1.54, 1.807) is 6.07 Å². The highest BCUT2D eigenvalue weighted by molar-refractivity contribution is 5.92. The van der Waals surface area contributed by atoms with Crippen molar-refractivity contribution in [3.63, 3.8) is 0 Å². The first-order valence-corrected chi connectivity index (χ1v) is 5.74. The molecule has 0 saturated heterocycles. The molecular weight excluding hydrogens is 218 g/mol. The molecule has 0 aliphatic carbocycles. The molecule has 96 valence electrons. The molecule has 0 bridgehead atoms. The summed E-state index contributed by atoms with van der Waals surface area (Å²) in [5.74, 6) is 0.428. The van der Waals surface area contributed by atoms with Crippen LogP contribution < -0.4 is 11.1 Å². The number of nitrogens with two attached hydrogens (primary N) is 1. The molecule has 1 amide bonds. The molecule has 1 rings (SSSR count). The first-order chi connectivity index (χ1) is 7.67. The lowest BCUT2D eigenvalue weighted by Crippen LogP contribution is -2.62. The maximum absolute atomic E-state index is 11.9. The standard InChI is InChI=1S/C12H21N3O2/c1-6-8-7-9(15-17-8)10(16)14-12(4,5)11(2,3)13/h7H,6,13H2,1-5H3,(H,14,16). The molecule has 1 aromatic rings. The van der Waals surface area contributed by atoms with Crippen LogP contribution in [0.25, 0.3) is 0 Å². The third kappa shape index (κ3) is 3.06. The summed E-state index contributed by atoms with van der Waals surface area (Å²) in [6, 6.07) is 1.65. The first-order valence-electron chi connectivity index (χ1n) is 5.74. The number of nitrogens with zero attached hydrogens (tertiary/aromatic N) is 1. The van der Waals surface area contributed by atoms with Crippen LogP contribution in [-0.2, 0) is 6.42 Å². The fourth-order valence-electron chi connectivity index (χ4n) is 1.10. The highest BCUT2D eigenvalue weighted by atomic mass is 16.5. The van der Waals surface area contributed by atoms with Crippen LogP contribution in [0.5, 0.6) is 0 Å². The summed E-state index contributed by atoms with van der Waals surface area (Å²) in [7, 11) is 0. The zero-order valence-electron chi connectivity index (χ0n) is 11.1. The predicted octanol–water partition coefficient (Wildman–Crippen LogP) is 1.48. The Morgan fingerprint density at radius 3 is 2.47 bits per heavy atom. The largest absolute Gasteiger partial charge is 0.361 e. The van der Waals surface area contributed by atoms with Crippen LogP contribution in [0.2, 0.25) is 0 Å². The maximum atomic E-state index is 11.9. The van der Waals surface area contributed by atoms with Crippen LogP contribution in [0.3, 0.4) is 0 Å². The van der Waals surface area contributed by atoms with Gasteiger partial charge in [-0.25, -0.2) is 0 Å². The van der Waals surface area contributed by atoms with Crippen LogP contribution in [0.15, 0.2) is 10.6 Å². The Balaban J connectivity index is 2.79. The SMILES string of the molecule is CCc1cc(C(=O)NC(C)(C)C(C)(C)N)no1. The Hall–Kier alpha value is -1.36. The summed E-state index contributed by atoms with van der Waals surface area (Å²) < 4.78 is 4.99. The second-order valence-corrected chi connectivity index (χ2v) is 5.33. The third-order valence-corrected chi connectivity index (χ3v) is 3.18. The van der Waals surface area contributed by atoms with Crippen molar-refractivity contribution in [3.8, 4) is 0 Å². The molecule has 17 heavy (non-hydrogen) atoms. The van der Waals surface area contributed by atoms with Crippen molar-refractivity contribution in [3.05, 3.63) is 17.5 Å². The van der Waals surface area contributed by atoms with Crippen molar-refractivity contribution in [2.45, 2.75) is 52.1 Å². The van der Waals surface area contributed by atoms with Crippen LogP contribution in [0, 0.1) is 0 Å². The number of carbonyl (C=O) groups is 1. The fourth-order valence-corrected chi connectivity index (χ4v) is 1.10. The van der Waals surface area contributed by atoms with Crippen molar-refractivity contribution in [1.82, 2.24) is 10.5 Å². The van der Waals surface area contributed by atoms with Gasteiger partial charge in [0.2, 0.25) is 0 Å². The Labute approximate surface area is 102 Å². The molecule has 0 radical (unpaired) electrons. The minimum atomic E-state index is -0.532. The molecule has 3 N–H and O–H groups in total. The number of carbonyl (C=O) groups excluding carboxylic acids is 1. The van der Waals surface area contributed by atoms with Crippen LogP contribution >= 0.6 is 0 Å². The number of hydrogen-bond donors (Lipinski definition) is 2. The van der Waals surface area contributed by atoms with Gasteiger partial charge in [0.15, 0.2) is 5.69 Å². The van der Waals surface area contributed by atoms with Crippen LogP contribution in [0.4, 0.5) is 0 Å². The van der Waals surface area contributed by atoms with E-state index >= 15 is 0 Å². The Bertz CT molecular complexity index is 402. The highest BCUT2D eigenvalue weighted by Crippen LogP contribution is 2.18. The summed E-state index contributed by atoms with van der Waals surface area (Å²) >= 11 is 0. The summed E-state index contributed by atoms with van der Waals surface area (Å²) in [5.41, 5.74) is 5.24. The lowest BCUT2D eigenvalue weighted by molar-refractivity contribution is 0.0866. The number of aromatic nitrogens is 1. The van der Waals surface area contributed by atoms with E-state index in [0.29, 0.717) is 17.9 Å². The zero-order valence-corrected chi connectivity index (χ0v) is 11.1. The maximum Gasteiger partial charge on any atom is 0.273 e. The monoisotopic (exact) mass is 239 g/mol. The van der Waals surface area contributed by atoms with Crippen LogP contribution in [-0.4, -0.2) is 22.1 Å². The van der Waals surface area contributed by atoms with Gasteiger partial charge in [-0.15, -0.1) is 0 Å². The minimum absolute atomic E-state index is 0.267. The average molecular weight is 239 g/mol. The van der Waals surface area contributed by atoms with E-state index in [9.17, 15) is 4.79 Å². The Kier molecular flexibility index (Phi) is 3.62. The molecule has 0 aromatic carbocycles. The predicted molar refractivity (Wildman–Crippen MR) is 65.7 cm³/mol. The molecule has 0 unspecified atom stereocenters. The quantitative estimate of drug-likeness (QED) is 0.834. The number of nitrogens with one attached hydrogen (secondary N) is 1. The Morgan fingerprint density at radius 2 is 2.06 bits per heavy atom. The van der Waals surface area contributed by atoms with Gasteiger partial charge in [-0.2, -0.15) is 0 Å². The molecule has 0 aliphatic heterocycles. The fraction of sp³-hybridized carbons (Fsp3) is 0.667. The van der Waals surface area contributed by atoms with Gasteiger partial charge in [0, 0.05) is 18.0 Å². The molecule has 1 heterocycles. The molecule has 0 spiro atoms. The number of rotatable bonds is 4. The van der Waals surface area contributed by atoms with Crippen LogP contribution in [0.1, 0.15) is 50.9 Å². The number of aryl methyl sites for hydroxylation is 1. The summed E-state index contributed by atoms with van der Waals surface area (Å²) in [4.78, 5) is 11.9. The molecular formula is C12H21N3O2. The average Bonchev–Trinajstić information content (AvgIpc) is 2.63. The molecule has 5 nitrogen and oxygen atoms in total. The molecule has 0 atom stereocenters. The van der Waals surface area contributed by atoms with Gasteiger partial charge in [0.05, 0.1) is 5.54 Å². The lowest BCUT2D eigenvalue weighted by atomic mass is 9.83. The lowest BCUT2D eigenvalue weighted by Gasteiger charge is -2.38. The highest BCUT2D eigenvalue weighted by Gasteiger charge is 2.35. The first kappa shape index (κ1) is 13.7. The molecule has 1 aromatic heterocycles. The summed E-state index contributed by atoms with van der Waals surface area (Å²) in [6.45, 7) is 9.44. The van der Waals surface area contributed by atoms with E-state index in [1.165, 1.54) is 0 Å². The van der Waals surface area contributed by atoms with Gasteiger partial charge in [-0.05, 0) is 27.7 Å². The van der Waals surface area contributed by atoms with Crippen molar-refractivity contribution in [2.75, 3.05) is 0 Å².